The monoisotopic (exact) mass is 411 g/mol. The lowest BCUT2D eigenvalue weighted by Crippen LogP contribution is -2.55. The Labute approximate surface area is 148 Å². The molecule has 0 radical (unpaired) electrons. The summed E-state index contributed by atoms with van der Waals surface area (Å²) in [5, 5.41) is 6.81. The van der Waals surface area contributed by atoms with Gasteiger partial charge in [0.1, 0.15) is 0 Å². The Morgan fingerprint density at radius 1 is 1.14 bits per heavy atom. The van der Waals surface area contributed by atoms with E-state index in [1.807, 2.05) is 7.05 Å². The van der Waals surface area contributed by atoms with Crippen molar-refractivity contribution in [1.29, 1.82) is 0 Å². The third-order valence-corrected chi connectivity index (χ3v) is 4.02. The standard InChI is InChI=1S/C15H33N5.HI/c1-6-7-17-15(16-4)18-12-14(13(2)3)20-10-8-19(5)9-11-20;/h13-14H,6-12H2,1-5H3,(H2,16,17,18);1H. The normalized spacial score (nSPS) is 19.2. The second-order valence-corrected chi connectivity index (χ2v) is 6.03. The van der Waals surface area contributed by atoms with E-state index < -0.39 is 0 Å². The molecule has 1 fully saturated rings. The number of hydrogen-bond acceptors (Lipinski definition) is 3. The van der Waals surface area contributed by atoms with Crippen LogP contribution in [0.1, 0.15) is 27.2 Å². The summed E-state index contributed by atoms with van der Waals surface area (Å²) < 4.78 is 0. The predicted octanol–water partition coefficient (Wildman–Crippen LogP) is 1.45. The summed E-state index contributed by atoms with van der Waals surface area (Å²) >= 11 is 0. The number of aliphatic imine (C=N–C) groups is 1. The molecule has 1 rings (SSSR count). The molecule has 2 N–H and O–H groups in total. The van der Waals surface area contributed by atoms with Gasteiger partial charge in [0.25, 0.3) is 0 Å². The quantitative estimate of drug-likeness (QED) is 0.395. The molecule has 0 aliphatic carbocycles. The van der Waals surface area contributed by atoms with Gasteiger partial charge in [0.2, 0.25) is 0 Å². The highest BCUT2D eigenvalue weighted by atomic mass is 127. The van der Waals surface area contributed by atoms with Gasteiger partial charge in [0.05, 0.1) is 0 Å². The zero-order valence-corrected chi connectivity index (χ0v) is 16.7. The van der Waals surface area contributed by atoms with E-state index in [0.717, 1.165) is 25.5 Å². The Morgan fingerprint density at radius 3 is 2.24 bits per heavy atom. The summed E-state index contributed by atoms with van der Waals surface area (Å²) in [6.07, 6.45) is 1.12. The number of hydrogen-bond donors (Lipinski definition) is 2. The lowest BCUT2D eigenvalue weighted by Gasteiger charge is -2.40. The Hall–Kier alpha value is -0.0800. The number of nitrogens with zero attached hydrogens (tertiary/aromatic N) is 3. The Balaban J connectivity index is 0.00000400. The molecule has 6 heteroatoms. The lowest BCUT2D eigenvalue weighted by molar-refractivity contribution is 0.0900. The summed E-state index contributed by atoms with van der Waals surface area (Å²) in [6, 6.07) is 0.573. The van der Waals surface area contributed by atoms with Crippen molar-refractivity contribution in [2.24, 2.45) is 10.9 Å². The first-order valence-electron chi connectivity index (χ1n) is 7.95. The van der Waals surface area contributed by atoms with Gasteiger partial charge >= 0.3 is 0 Å². The molecule has 1 aliphatic heterocycles. The van der Waals surface area contributed by atoms with Crippen LogP contribution in [-0.4, -0.2) is 75.2 Å². The largest absolute Gasteiger partial charge is 0.356 e. The van der Waals surface area contributed by atoms with E-state index in [9.17, 15) is 0 Å². The molecule has 1 atom stereocenters. The summed E-state index contributed by atoms with van der Waals surface area (Å²) in [4.78, 5) is 9.30. The van der Waals surface area contributed by atoms with E-state index in [2.05, 4.69) is 53.2 Å². The fraction of sp³-hybridized carbons (Fsp3) is 0.933. The Kier molecular flexibility index (Phi) is 11.4. The lowest BCUT2D eigenvalue weighted by atomic mass is 10.0. The molecule has 1 saturated heterocycles. The molecule has 0 aromatic rings. The van der Waals surface area contributed by atoms with Crippen LogP contribution in [0.15, 0.2) is 4.99 Å². The van der Waals surface area contributed by atoms with Crippen LogP contribution in [0.5, 0.6) is 0 Å². The van der Waals surface area contributed by atoms with Gasteiger partial charge in [-0.05, 0) is 19.4 Å². The molecule has 0 amide bonds. The predicted molar refractivity (Wildman–Crippen MR) is 103 cm³/mol. The fourth-order valence-corrected chi connectivity index (χ4v) is 2.61. The van der Waals surface area contributed by atoms with Crippen LogP contribution in [0, 0.1) is 5.92 Å². The summed E-state index contributed by atoms with van der Waals surface area (Å²) in [7, 11) is 4.04. The number of halogens is 1. The Morgan fingerprint density at radius 2 is 1.76 bits per heavy atom. The highest BCUT2D eigenvalue weighted by Crippen LogP contribution is 2.12. The third-order valence-electron chi connectivity index (χ3n) is 4.02. The van der Waals surface area contributed by atoms with Crippen molar-refractivity contribution in [3.05, 3.63) is 0 Å². The van der Waals surface area contributed by atoms with Crippen molar-refractivity contribution in [3.63, 3.8) is 0 Å². The van der Waals surface area contributed by atoms with Gasteiger partial charge in [-0.3, -0.25) is 9.89 Å². The molecule has 0 aromatic heterocycles. The zero-order valence-electron chi connectivity index (χ0n) is 14.4. The highest BCUT2D eigenvalue weighted by molar-refractivity contribution is 14.0. The first-order chi connectivity index (χ1) is 9.58. The molecule has 0 spiro atoms. The van der Waals surface area contributed by atoms with E-state index in [1.54, 1.807) is 0 Å². The summed E-state index contributed by atoms with van der Waals surface area (Å²) in [5.41, 5.74) is 0. The van der Waals surface area contributed by atoms with Gasteiger partial charge in [0, 0.05) is 52.4 Å². The first-order valence-corrected chi connectivity index (χ1v) is 7.95. The summed E-state index contributed by atoms with van der Waals surface area (Å²) in [5.74, 6) is 1.57. The number of guanidine groups is 1. The number of likely N-dealkylation sites (N-methyl/N-ethyl adjacent to an activating group) is 1. The van der Waals surface area contributed by atoms with Gasteiger partial charge < -0.3 is 15.5 Å². The minimum atomic E-state index is 0. The average molecular weight is 411 g/mol. The van der Waals surface area contributed by atoms with Crippen molar-refractivity contribution < 1.29 is 0 Å². The van der Waals surface area contributed by atoms with Gasteiger partial charge in [0.15, 0.2) is 5.96 Å². The maximum atomic E-state index is 4.28. The van der Waals surface area contributed by atoms with E-state index >= 15 is 0 Å². The minimum absolute atomic E-state index is 0. The van der Waals surface area contributed by atoms with Crippen LogP contribution >= 0.6 is 24.0 Å². The van der Waals surface area contributed by atoms with Crippen molar-refractivity contribution in [2.45, 2.75) is 33.2 Å². The maximum absolute atomic E-state index is 4.28. The Bertz CT molecular complexity index is 288. The van der Waals surface area contributed by atoms with Crippen LogP contribution in [0.25, 0.3) is 0 Å². The van der Waals surface area contributed by atoms with E-state index in [-0.39, 0.29) is 24.0 Å². The number of nitrogens with one attached hydrogen (secondary N) is 2. The van der Waals surface area contributed by atoms with Crippen molar-refractivity contribution in [2.75, 3.05) is 53.4 Å². The average Bonchev–Trinajstić information content (AvgIpc) is 2.44. The molecule has 0 bridgehead atoms. The molecule has 0 aromatic carbocycles. The molecular formula is C15H34IN5. The van der Waals surface area contributed by atoms with Gasteiger partial charge in [-0.1, -0.05) is 20.8 Å². The van der Waals surface area contributed by atoms with Crippen LogP contribution in [0.4, 0.5) is 0 Å². The summed E-state index contributed by atoms with van der Waals surface area (Å²) in [6.45, 7) is 13.4. The smallest absolute Gasteiger partial charge is 0.191 e. The van der Waals surface area contributed by atoms with Crippen molar-refractivity contribution in [3.8, 4) is 0 Å². The van der Waals surface area contributed by atoms with Crippen LogP contribution < -0.4 is 10.6 Å². The molecule has 21 heavy (non-hydrogen) atoms. The SMILES string of the molecule is CCCNC(=NC)NCC(C(C)C)N1CCN(C)CC1.I. The van der Waals surface area contributed by atoms with Crippen LogP contribution in [0.2, 0.25) is 0 Å². The zero-order chi connectivity index (χ0) is 15.0. The molecule has 126 valence electrons. The molecule has 5 nitrogen and oxygen atoms in total. The van der Waals surface area contributed by atoms with Gasteiger partial charge in [-0.25, -0.2) is 0 Å². The van der Waals surface area contributed by atoms with E-state index in [0.29, 0.717) is 12.0 Å². The second kappa shape index (κ2) is 11.5. The fourth-order valence-electron chi connectivity index (χ4n) is 2.61. The van der Waals surface area contributed by atoms with Crippen molar-refractivity contribution in [1.82, 2.24) is 20.4 Å². The molecule has 0 saturated carbocycles. The van der Waals surface area contributed by atoms with Crippen LogP contribution in [-0.2, 0) is 0 Å². The van der Waals surface area contributed by atoms with Crippen molar-refractivity contribution >= 4 is 29.9 Å². The first kappa shape index (κ1) is 20.9. The topological polar surface area (TPSA) is 42.9 Å². The van der Waals surface area contributed by atoms with Gasteiger partial charge in [-0.2, -0.15) is 0 Å². The number of piperazine rings is 1. The maximum Gasteiger partial charge on any atom is 0.191 e. The molecular weight excluding hydrogens is 377 g/mol. The minimum Gasteiger partial charge on any atom is -0.356 e. The third kappa shape index (κ3) is 7.65. The van der Waals surface area contributed by atoms with E-state index in [4.69, 9.17) is 0 Å². The highest BCUT2D eigenvalue weighted by Gasteiger charge is 2.24. The van der Waals surface area contributed by atoms with Crippen LogP contribution in [0.3, 0.4) is 0 Å². The van der Waals surface area contributed by atoms with Gasteiger partial charge in [-0.15, -0.1) is 24.0 Å². The molecule has 1 aliphatic rings. The molecule has 1 heterocycles. The molecule has 1 unspecified atom stereocenters. The number of rotatable bonds is 6. The van der Waals surface area contributed by atoms with E-state index in [1.165, 1.54) is 26.2 Å². The second-order valence-electron chi connectivity index (χ2n) is 6.03.